The smallest absolute Gasteiger partial charge is 0.409 e. The van der Waals surface area contributed by atoms with E-state index in [0.29, 0.717) is 44.2 Å². The van der Waals surface area contributed by atoms with Crippen LogP contribution in [0, 0.1) is 18.8 Å². The number of aryl methyl sites for hydroxylation is 1. The highest BCUT2D eigenvalue weighted by Crippen LogP contribution is 2.34. The van der Waals surface area contributed by atoms with E-state index in [1.807, 2.05) is 75.4 Å². The first-order chi connectivity index (χ1) is 17.8. The van der Waals surface area contributed by atoms with Gasteiger partial charge in [-0.05, 0) is 49.1 Å². The Morgan fingerprint density at radius 2 is 1.95 bits per heavy atom. The number of carbonyl (C=O) groups excluding carboxylic acids is 1. The maximum Gasteiger partial charge on any atom is 0.409 e. The van der Waals surface area contributed by atoms with Gasteiger partial charge in [-0.3, -0.25) is 4.79 Å². The van der Waals surface area contributed by atoms with Gasteiger partial charge >= 0.3 is 12.1 Å². The van der Waals surface area contributed by atoms with Crippen LogP contribution in [0.15, 0.2) is 59.0 Å². The van der Waals surface area contributed by atoms with Crippen LogP contribution in [0.4, 0.5) is 4.79 Å². The van der Waals surface area contributed by atoms with Gasteiger partial charge in [-0.2, -0.15) is 0 Å². The second kappa shape index (κ2) is 12.0. The van der Waals surface area contributed by atoms with Crippen molar-refractivity contribution in [3.8, 4) is 17.2 Å². The summed E-state index contributed by atoms with van der Waals surface area (Å²) < 4.78 is 17.2. The van der Waals surface area contributed by atoms with Gasteiger partial charge in [-0.15, -0.1) is 0 Å². The van der Waals surface area contributed by atoms with Crippen molar-refractivity contribution in [1.82, 2.24) is 9.88 Å². The molecule has 2 heterocycles. The summed E-state index contributed by atoms with van der Waals surface area (Å²) in [7, 11) is 0. The van der Waals surface area contributed by atoms with Crippen molar-refractivity contribution >= 4 is 12.1 Å². The number of carbonyl (C=O) groups is 2. The lowest BCUT2D eigenvalue weighted by Gasteiger charge is -2.36. The average molecular weight is 507 g/mol. The molecule has 8 heteroatoms. The number of hydrogen-bond donors (Lipinski definition) is 1. The third-order valence-electron chi connectivity index (χ3n) is 6.54. The molecule has 0 spiro atoms. The molecule has 1 amide bonds. The van der Waals surface area contributed by atoms with Gasteiger partial charge in [0.15, 0.2) is 0 Å². The summed E-state index contributed by atoms with van der Waals surface area (Å²) in [6, 6.07) is 17.2. The Morgan fingerprint density at radius 1 is 1.16 bits per heavy atom. The number of aromatic nitrogens is 1. The van der Waals surface area contributed by atoms with E-state index in [1.165, 1.54) is 0 Å². The van der Waals surface area contributed by atoms with Crippen LogP contribution < -0.4 is 4.74 Å². The minimum absolute atomic E-state index is 0.232. The molecule has 4 rings (SSSR count). The molecule has 1 fully saturated rings. The van der Waals surface area contributed by atoms with E-state index in [1.54, 1.807) is 4.90 Å². The molecule has 1 aliphatic rings. The first-order valence-electron chi connectivity index (χ1n) is 12.7. The number of oxazole rings is 1. The maximum absolute atomic E-state index is 12.5. The first-order valence-corrected chi connectivity index (χ1v) is 12.7. The average Bonchev–Trinajstić information content (AvgIpc) is 3.27. The van der Waals surface area contributed by atoms with Crippen molar-refractivity contribution in [2.75, 3.05) is 26.3 Å². The minimum atomic E-state index is -0.859. The largest absolute Gasteiger partial charge is 0.493 e. The van der Waals surface area contributed by atoms with Crippen LogP contribution >= 0.6 is 0 Å². The summed E-state index contributed by atoms with van der Waals surface area (Å²) in [6.07, 6.45) is 0.549. The van der Waals surface area contributed by atoms with E-state index in [2.05, 4.69) is 4.98 Å². The summed E-state index contributed by atoms with van der Waals surface area (Å²) in [5.41, 5.74) is 2.59. The standard InChI is InChI=1S/C29H34N2O6/c1-19(2)18-36-29(34)31-14-12-24(28(32)33)25(17-31)22-10-7-11-23(16-22)35-15-13-26-20(3)37-27(30-26)21-8-5-4-6-9-21/h4-11,16,19,24-25H,12-15,17-18H2,1-3H3,(H,32,33)/t24-,25-/m0/s1. The quantitative estimate of drug-likeness (QED) is 0.406. The molecule has 2 atom stereocenters. The maximum atomic E-state index is 12.5. The SMILES string of the molecule is Cc1oc(-c2ccccc2)nc1CCOc1cccc([C@@H]2CN(C(=O)OCC(C)C)CC[C@@H]2C(=O)O)c1. The normalized spacial score (nSPS) is 17.6. The molecule has 0 aliphatic carbocycles. The zero-order valence-electron chi connectivity index (χ0n) is 21.6. The van der Waals surface area contributed by atoms with Crippen LogP contribution in [0.2, 0.25) is 0 Å². The van der Waals surface area contributed by atoms with E-state index < -0.39 is 18.0 Å². The number of rotatable bonds is 9. The second-order valence-corrected chi connectivity index (χ2v) is 9.82. The molecule has 0 unspecified atom stereocenters. The molecule has 2 aromatic carbocycles. The molecule has 1 saturated heterocycles. The first kappa shape index (κ1) is 26.3. The Kier molecular flexibility index (Phi) is 8.48. The number of likely N-dealkylation sites (tertiary alicyclic amines) is 1. The molecule has 1 N–H and O–H groups in total. The molecule has 0 saturated carbocycles. The number of hydrogen-bond acceptors (Lipinski definition) is 6. The van der Waals surface area contributed by atoms with Gasteiger partial charge in [0.1, 0.15) is 11.5 Å². The van der Waals surface area contributed by atoms with Gasteiger partial charge < -0.3 is 23.9 Å². The summed E-state index contributed by atoms with van der Waals surface area (Å²) in [6.45, 7) is 7.23. The predicted octanol–water partition coefficient (Wildman–Crippen LogP) is 5.55. The molecular weight excluding hydrogens is 472 g/mol. The Hall–Kier alpha value is -3.81. The zero-order valence-corrected chi connectivity index (χ0v) is 21.6. The number of nitrogens with zero attached hydrogens (tertiary/aromatic N) is 2. The third-order valence-corrected chi connectivity index (χ3v) is 6.54. The molecule has 3 aromatic rings. The number of amides is 1. The van der Waals surface area contributed by atoms with E-state index in [9.17, 15) is 14.7 Å². The molecular formula is C29H34N2O6. The van der Waals surface area contributed by atoms with Gasteiger partial charge in [-0.25, -0.2) is 9.78 Å². The lowest BCUT2D eigenvalue weighted by Crippen LogP contribution is -2.45. The number of aliphatic carboxylic acids is 1. The van der Waals surface area contributed by atoms with Crippen molar-refractivity contribution in [1.29, 1.82) is 0 Å². The fourth-order valence-corrected chi connectivity index (χ4v) is 4.55. The molecule has 0 bridgehead atoms. The fourth-order valence-electron chi connectivity index (χ4n) is 4.55. The van der Waals surface area contributed by atoms with Gasteiger partial charge in [-0.1, -0.05) is 44.2 Å². The summed E-state index contributed by atoms with van der Waals surface area (Å²) >= 11 is 0. The number of carboxylic acids is 1. The van der Waals surface area contributed by atoms with E-state index >= 15 is 0 Å². The highest BCUT2D eigenvalue weighted by molar-refractivity contribution is 5.73. The molecule has 0 radical (unpaired) electrons. The third kappa shape index (κ3) is 6.70. The number of ether oxygens (including phenoxy) is 2. The molecule has 37 heavy (non-hydrogen) atoms. The summed E-state index contributed by atoms with van der Waals surface area (Å²) in [5.74, 6) is 0.422. The highest BCUT2D eigenvalue weighted by atomic mass is 16.6. The highest BCUT2D eigenvalue weighted by Gasteiger charge is 2.37. The van der Waals surface area contributed by atoms with E-state index in [0.717, 1.165) is 22.6 Å². The summed E-state index contributed by atoms with van der Waals surface area (Å²) in [5, 5.41) is 9.84. The number of carboxylic acid groups (broad SMARTS) is 1. The monoisotopic (exact) mass is 506 g/mol. The fraction of sp³-hybridized carbons (Fsp3) is 0.414. The van der Waals surface area contributed by atoms with E-state index in [4.69, 9.17) is 13.9 Å². The van der Waals surface area contributed by atoms with Gasteiger partial charge in [0.05, 0.1) is 24.8 Å². The van der Waals surface area contributed by atoms with Crippen molar-refractivity contribution in [2.45, 2.75) is 39.5 Å². The Morgan fingerprint density at radius 3 is 2.68 bits per heavy atom. The van der Waals surface area contributed by atoms with Crippen LogP contribution in [-0.4, -0.2) is 53.4 Å². The Balaban J connectivity index is 1.41. The molecule has 1 aliphatic heterocycles. The minimum Gasteiger partial charge on any atom is -0.493 e. The zero-order chi connectivity index (χ0) is 26.4. The number of benzene rings is 2. The van der Waals surface area contributed by atoms with Crippen molar-refractivity contribution in [2.24, 2.45) is 11.8 Å². The van der Waals surface area contributed by atoms with Crippen LogP contribution in [0.5, 0.6) is 5.75 Å². The molecule has 196 valence electrons. The van der Waals surface area contributed by atoms with Gasteiger partial charge in [0, 0.05) is 31.0 Å². The Bertz CT molecular complexity index is 1210. The van der Waals surface area contributed by atoms with E-state index in [-0.39, 0.29) is 18.4 Å². The van der Waals surface area contributed by atoms with Crippen LogP contribution in [0.25, 0.3) is 11.5 Å². The Labute approximate surface area is 217 Å². The summed E-state index contributed by atoms with van der Waals surface area (Å²) in [4.78, 5) is 30.8. The lowest BCUT2D eigenvalue weighted by molar-refractivity contribution is -0.144. The second-order valence-electron chi connectivity index (χ2n) is 9.82. The number of piperidine rings is 1. The van der Waals surface area contributed by atoms with Crippen molar-refractivity contribution < 1.29 is 28.6 Å². The van der Waals surface area contributed by atoms with Crippen molar-refractivity contribution in [3.05, 3.63) is 71.6 Å². The van der Waals surface area contributed by atoms with Crippen LogP contribution in [0.1, 0.15) is 43.2 Å². The topological polar surface area (TPSA) is 102 Å². The molecule has 8 nitrogen and oxygen atoms in total. The molecule has 1 aromatic heterocycles. The van der Waals surface area contributed by atoms with Gasteiger partial charge in [0.2, 0.25) is 5.89 Å². The van der Waals surface area contributed by atoms with Crippen LogP contribution in [-0.2, 0) is 16.0 Å². The predicted molar refractivity (Wildman–Crippen MR) is 139 cm³/mol. The van der Waals surface area contributed by atoms with Crippen LogP contribution in [0.3, 0.4) is 0 Å². The lowest BCUT2D eigenvalue weighted by atomic mass is 9.81. The van der Waals surface area contributed by atoms with Gasteiger partial charge in [0.25, 0.3) is 0 Å². The van der Waals surface area contributed by atoms with Crippen molar-refractivity contribution in [3.63, 3.8) is 0 Å².